The molecule has 4 aromatic carbocycles. The average Bonchev–Trinajstić information content (AvgIpc) is 4.02. The zero-order valence-corrected chi connectivity index (χ0v) is 42.9. The van der Waals surface area contributed by atoms with E-state index in [1.54, 1.807) is 23.5 Å². The molecule has 0 radical (unpaired) electrons. The molecule has 0 unspecified atom stereocenters. The first kappa shape index (κ1) is 51.0. The van der Waals surface area contributed by atoms with Gasteiger partial charge in [0.2, 0.25) is 11.7 Å². The fourth-order valence-electron chi connectivity index (χ4n) is 9.70. The standard InChI is InChI=1S/C54H56ClF3N10O4S/c1-30(2)41-24-42(45(70)26-44(41)69)49-62-64-51(52(72)59-29-54(56,57)58)68(49)40-17-11-37(12-18-40)28-65(6)27-36-9-7-34(8-10-36)23-35-19-21-66(22-20-35)46(71)25-43-50-63-61-33(5)67(50)53-47(31(3)32(4)73-53)48(60-43)38-13-15-39(55)16-14-38/h7-18,24,26,30,35,43,69-70H,19-23,25,27-29H2,1-6H3,(H,59,72)/t43-/m0/s1. The molecule has 2 amide bonds. The van der Waals surface area contributed by atoms with Crippen molar-refractivity contribution in [1.29, 1.82) is 0 Å². The number of thiophene rings is 1. The molecule has 3 N–H and O–H groups in total. The lowest BCUT2D eigenvalue weighted by Crippen LogP contribution is -2.39. The molecule has 0 spiro atoms. The Bertz CT molecular complexity index is 3190. The number of hydrogen-bond donors (Lipinski definition) is 3. The lowest BCUT2D eigenvalue weighted by atomic mass is 9.89. The maximum Gasteiger partial charge on any atom is 0.405 e. The van der Waals surface area contributed by atoms with Crippen LogP contribution in [0.5, 0.6) is 11.5 Å². The highest BCUT2D eigenvalue weighted by Gasteiger charge is 2.35. The largest absolute Gasteiger partial charge is 0.508 e. The number of rotatable bonds is 14. The van der Waals surface area contributed by atoms with E-state index in [9.17, 15) is 33.0 Å². The number of phenolic OH excluding ortho intramolecular Hbond substituents is 2. The number of phenols is 2. The number of hydrogen-bond acceptors (Lipinski definition) is 11. The number of nitrogens with one attached hydrogen (secondary N) is 1. The van der Waals surface area contributed by atoms with E-state index in [1.807, 2.05) is 74.4 Å². The molecule has 14 nitrogen and oxygen atoms in total. The molecular weight excluding hydrogens is 977 g/mol. The summed E-state index contributed by atoms with van der Waals surface area (Å²) in [7, 11) is 2.01. The van der Waals surface area contributed by atoms with Gasteiger partial charge >= 0.3 is 6.18 Å². The van der Waals surface area contributed by atoms with Crippen LogP contribution in [0, 0.1) is 26.7 Å². The van der Waals surface area contributed by atoms with Gasteiger partial charge in [0.15, 0.2) is 11.6 Å². The number of aryl methyl sites for hydroxylation is 2. The van der Waals surface area contributed by atoms with Crippen molar-refractivity contribution in [3.05, 3.63) is 151 Å². The van der Waals surface area contributed by atoms with E-state index >= 15 is 0 Å². The summed E-state index contributed by atoms with van der Waals surface area (Å²) in [4.78, 5) is 37.8. The first-order chi connectivity index (χ1) is 34.8. The van der Waals surface area contributed by atoms with Crippen LogP contribution in [-0.2, 0) is 24.3 Å². The molecule has 3 aromatic heterocycles. The van der Waals surface area contributed by atoms with Crippen LogP contribution in [0.2, 0.25) is 5.02 Å². The number of fused-ring (bicyclic) bond motifs is 3. The van der Waals surface area contributed by atoms with E-state index in [-0.39, 0.29) is 41.1 Å². The molecule has 73 heavy (non-hydrogen) atoms. The molecule has 1 fully saturated rings. The number of carbonyl (C=O) groups excluding carboxylic acids is 2. The van der Waals surface area contributed by atoms with Gasteiger partial charge in [-0.05, 0) is 117 Å². The summed E-state index contributed by atoms with van der Waals surface area (Å²) in [5.41, 5.74) is 8.27. The summed E-state index contributed by atoms with van der Waals surface area (Å²) in [5, 5.41) is 42.0. The minimum atomic E-state index is -4.65. The van der Waals surface area contributed by atoms with Gasteiger partial charge in [-0.2, -0.15) is 13.2 Å². The predicted octanol–water partition coefficient (Wildman–Crippen LogP) is 10.4. The third kappa shape index (κ3) is 11.1. The summed E-state index contributed by atoms with van der Waals surface area (Å²) in [5.74, 6) is -0.203. The van der Waals surface area contributed by atoms with E-state index < -0.39 is 30.5 Å². The molecule has 19 heteroatoms. The van der Waals surface area contributed by atoms with Gasteiger partial charge in [-0.1, -0.05) is 74.0 Å². The van der Waals surface area contributed by atoms with Gasteiger partial charge in [-0.3, -0.25) is 28.6 Å². The van der Waals surface area contributed by atoms with Gasteiger partial charge in [-0.15, -0.1) is 31.7 Å². The Morgan fingerprint density at radius 3 is 2.14 bits per heavy atom. The number of benzene rings is 4. The van der Waals surface area contributed by atoms with Crippen molar-refractivity contribution in [1.82, 2.24) is 44.6 Å². The molecule has 2 aliphatic heterocycles. The molecule has 380 valence electrons. The smallest absolute Gasteiger partial charge is 0.405 e. The van der Waals surface area contributed by atoms with Crippen LogP contribution in [-0.4, -0.2) is 99.9 Å². The Labute approximate surface area is 430 Å². The quantitative estimate of drug-likeness (QED) is 0.0961. The number of amides is 2. The first-order valence-corrected chi connectivity index (χ1v) is 25.4. The number of likely N-dealkylation sites (tertiary alicyclic amines) is 1. The van der Waals surface area contributed by atoms with Crippen LogP contribution in [0.1, 0.15) is 111 Å². The molecule has 0 bridgehead atoms. The Balaban J connectivity index is 0.815. The monoisotopic (exact) mass is 1030 g/mol. The second kappa shape index (κ2) is 20.9. The molecule has 1 saturated heterocycles. The van der Waals surface area contributed by atoms with Crippen molar-refractivity contribution in [3.8, 4) is 33.6 Å². The van der Waals surface area contributed by atoms with Crippen molar-refractivity contribution in [2.75, 3.05) is 26.7 Å². The summed E-state index contributed by atoms with van der Waals surface area (Å²) in [6, 6.07) is 25.6. The van der Waals surface area contributed by atoms with Gasteiger partial charge in [0.05, 0.1) is 17.7 Å². The topological polar surface area (TPSA) is 167 Å². The number of aromatic nitrogens is 6. The summed E-state index contributed by atoms with van der Waals surface area (Å²) >= 11 is 7.98. The Kier molecular flexibility index (Phi) is 14.6. The van der Waals surface area contributed by atoms with Gasteiger partial charge < -0.3 is 20.4 Å². The molecule has 9 rings (SSSR count). The van der Waals surface area contributed by atoms with E-state index in [1.165, 1.54) is 27.1 Å². The zero-order chi connectivity index (χ0) is 51.9. The number of aliphatic imine (C=N–C) groups is 1. The average molecular weight is 1030 g/mol. The van der Waals surface area contributed by atoms with Crippen LogP contribution >= 0.6 is 22.9 Å². The maximum absolute atomic E-state index is 14.1. The maximum atomic E-state index is 14.1. The van der Waals surface area contributed by atoms with Crippen LogP contribution in [0.4, 0.5) is 13.2 Å². The van der Waals surface area contributed by atoms with Crippen molar-refractivity contribution >= 4 is 40.5 Å². The van der Waals surface area contributed by atoms with E-state index in [2.05, 4.69) is 68.0 Å². The number of piperidine rings is 1. The summed E-state index contributed by atoms with van der Waals surface area (Å²) < 4.78 is 42.6. The van der Waals surface area contributed by atoms with E-state index in [0.29, 0.717) is 54.2 Å². The first-order valence-electron chi connectivity index (χ1n) is 24.2. The van der Waals surface area contributed by atoms with Crippen molar-refractivity contribution in [2.45, 2.75) is 91.5 Å². The SMILES string of the molecule is Cc1sc2c(c1C)C(c1ccc(Cl)cc1)=N[C@@H](CC(=O)N1CCC(Cc3ccc(CN(C)Cc4ccc(-n5c(C(=O)NCC(F)(F)F)nnc5-c5cc(C(C)C)c(O)cc5O)cc4)cc3)CC1)c1nnc(C)n1-2. The van der Waals surface area contributed by atoms with Crippen LogP contribution in [0.3, 0.4) is 0 Å². The highest BCUT2D eigenvalue weighted by molar-refractivity contribution is 7.15. The third-order valence-electron chi connectivity index (χ3n) is 13.7. The van der Waals surface area contributed by atoms with Crippen molar-refractivity contribution in [2.24, 2.45) is 10.9 Å². The minimum Gasteiger partial charge on any atom is -0.508 e. The fourth-order valence-corrected chi connectivity index (χ4v) is 11.0. The molecule has 0 aliphatic carbocycles. The molecule has 5 heterocycles. The number of alkyl halides is 3. The molecular formula is C54H56ClF3N10O4S. The fraction of sp³-hybridized carbons (Fsp3) is 0.352. The van der Waals surface area contributed by atoms with Crippen LogP contribution in [0.25, 0.3) is 22.1 Å². The van der Waals surface area contributed by atoms with Crippen molar-refractivity contribution in [3.63, 3.8) is 0 Å². The number of carbonyl (C=O) groups is 2. The van der Waals surface area contributed by atoms with E-state index in [4.69, 9.17) is 16.6 Å². The Morgan fingerprint density at radius 2 is 1.49 bits per heavy atom. The molecule has 7 aromatic rings. The zero-order valence-electron chi connectivity index (χ0n) is 41.3. The van der Waals surface area contributed by atoms with Gasteiger partial charge in [0.1, 0.15) is 34.9 Å². The number of nitrogens with zero attached hydrogens (tertiary/aromatic N) is 9. The van der Waals surface area contributed by atoms with Crippen LogP contribution < -0.4 is 5.32 Å². The lowest BCUT2D eigenvalue weighted by Gasteiger charge is -2.32. The second-order valence-corrected chi connectivity index (χ2v) is 21.0. The minimum absolute atomic E-state index is 0.0113. The van der Waals surface area contributed by atoms with Gasteiger partial charge in [0.25, 0.3) is 5.91 Å². The van der Waals surface area contributed by atoms with Crippen LogP contribution in [0.15, 0.2) is 89.9 Å². The molecule has 0 saturated carbocycles. The number of halogens is 4. The molecule has 1 atom stereocenters. The summed E-state index contributed by atoms with van der Waals surface area (Å²) in [6.45, 7) is 10.9. The Morgan fingerprint density at radius 1 is 0.849 bits per heavy atom. The normalized spacial score (nSPS) is 15.1. The Hall–Kier alpha value is -6.89. The van der Waals surface area contributed by atoms with Gasteiger partial charge in [-0.25, -0.2) is 0 Å². The van der Waals surface area contributed by atoms with Crippen molar-refractivity contribution < 1.29 is 33.0 Å². The number of aromatic hydroxyl groups is 2. The highest BCUT2D eigenvalue weighted by atomic mass is 35.5. The van der Waals surface area contributed by atoms with Gasteiger partial charge in [0, 0.05) is 59.0 Å². The second-order valence-electron chi connectivity index (χ2n) is 19.4. The lowest BCUT2D eigenvalue weighted by molar-refractivity contribution is -0.133. The third-order valence-corrected chi connectivity index (χ3v) is 15.1. The van der Waals surface area contributed by atoms with E-state index in [0.717, 1.165) is 63.6 Å². The predicted molar refractivity (Wildman–Crippen MR) is 275 cm³/mol. The highest BCUT2D eigenvalue weighted by Crippen LogP contribution is 2.41. The summed E-state index contributed by atoms with van der Waals surface area (Å²) in [6.07, 6.45) is -1.76. The molecule has 2 aliphatic rings.